The van der Waals surface area contributed by atoms with Gasteiger partial charge in [0.05, 0.1) is 17.6 Å². The zero-order valence-electron chi connectivity index (χ0n) is 19.6. The Labute approximate surface area is 215 Å². The number of thioether (sulfide) groups is 1. The van der Waals surface area contributed by atoms with E-state index in [2.05, 4.69) is 5.32 Å². The quantitative estimate of drug-likeness (QED) is 0.403. The fourth-order valence-electron chi connectivity index (χ4n) is 3.19. The number of carbonyl (C=O) groups excluding carboxylic acids is 2. The van der Waals surface area contributed by atoms with E-state index >= 15 is 0 Å². The minimum absolute atomic E-state index is 0.201. The molecule has 1 N–H and O–H groups in total. The second-order valence-electron chi connectivity index (χ2n) is 7.98. The molecule has 2 amide bonds. The summed E-state index contributed by atoms with van der Waals surface area (Å²) in [6.45, 7) is -0.407. The van der Waals surface area contributed by atoms with E-state index in [0.717, 1.165) is 21.0 Å². The molecule has 0 saturated carbocycles. The van der Waals surface area contributed by atoms with E-state index in [1.807, 2.05) is 36.4 Å². The first-order valence-corrected chi connectivity index (χ1v) is 13.8. The van der Waals surface area contributed by atoms with Crippen molar-refractivity contribution in [3.8, 4) is 0 Å². The number of nitrogens with one attached hydrogen (secondary N) is 1. The van der Waals surface area contributed by atoms with Gasteiger partial charge in [0.25, 0.3) is 5.91 Å². The van der Waals surface area contributed by atoms with Gasteiger partial charge in [-0.15, -0.1) is 11.8 Å². The average molecular weight is 532 g/mol. The van der Waals surface area contributed by atoms with Crippen molar-refractivity contribution >= 4 is 56.6 Å². The molecule has 0 heterocycles. The molecule has 0 bridgehead atoms. The van der Waals surface area contributed by atoms with Crippen LogP contribution in [0.1, 0.15) is 15.9 Å². The molecule has 0 fully saturated rings. The molecule has 35 heavy (non-hydrogen) atoms. The van der Waals surface area contributed by atoms with Gasteiger partial charge in [0.2, 0.25) is 15.9 Å². The maximum atomic E-state index is 12.9. The van der Waals surface area contributed by atoms with Gasteiger partial charge in [0.1, 0.15) is 6.54 Å². The molecule has 0 aliphatic heterocycles. The summed E-state index contributed by atoms with van der Waals surface area (Å²) in [7, 11) is -0.486. The number of para-hydroxylation sites is 1. The van der Waals surface area contributed by atoms with Crippen LogP contribution in [0.2, 0.25) is 5.02 Å². The number of carbonyl (C=O) groups is 2. The molecule has 0 radical (unpaired) electrons. The van der Waals surface area contributed by atoms with Crippen LogP contribution < -0.4 is 9.62 Å². The first kappa shape index (κ1) is 26.6. The smallest absolute Gasteiger partial charge is 0.253 e. The Bertz CT molecular complexity index is 1300. The van der Waals surface area contributed by atoms with Gasteiger partial charge < -0.3 is 10.2 Å². The van der Waals surface area contributed by atoms with Crippen LogP contribution >= 0.6 is 23.4 Å². The highest BCUT2D eigenvalue weighted by Crippen LogP contribution is 2.30. The van der Waals surface area contributed by atoms with Gasteiger partial charge in [-0.2, -0.15) is 0 Å². The number of anilines is 2. The lowest BCUT2D eigenvalue weighted by atomic mass is 10.2. The predicted octanol–water partition coefficient (Wildman–Crippen LogP) is 4.74. The molecule has 0 saturated heterocycles. The number of halogens is 1. The number of rotatable bonds is 9. The van der Waals surface area contributed by atoms with Crippen molar-refractivity contribution in [3.05, 3.63) is 88.9 Å². The third kappa shape index (κ3) is 7.48. The zero-order valence-corrected chi connectivity index (χ0v) is 22.0. The summed E-state index contributed by atoms with van der Waals surface area (Å²) < 4.78 is 25.9. The van der Waals surface area contributed by atoms with E-state index in [1.54, 1.807) is 38.0 Å². The van der Waals surface area contributed by atoms with E-state index in [0.29, 0.717) is 27.7 Å². The van der Waals surface area contributed by atoms with Gasteiger partial charge in [0, 0.05) is 35.3 Å². The maximum Gasteiger partial charge on any atom is 0.253 e. The summed E-state index contributed by atoms with van der Waals surface area (Å²) in [4.78, 5) is 27.3. The first-order valence-electron chi connectivity index (χ1n) is 10.6. The molecule has 0 aliphatic carbocycles. The molecule has 0 atom stereocenters. The second kappa shape index (κ2) is 11.6. The normalized spacial score (nSPS) is 11.1. The second-order valence-corrected chi connectivity index (χ2v) is 11.3. The molecular weight excluding hydrogens is 506 g/mol. The van der Waals surface area contributed by atoms with Crippen molar-refractivity contribution in [1.82, 2.24) is 4.90 Å². The highest BCUT2D eigenvalue weighted by molar-refractivity contribution is 7.98. The summed E-state index contributed by atoms with van der Waals surface area (Å²) in [6, 6.07) is 21.0. The molecule has 0 spiro atoms. The van der Waals surface area contributed by atoms with Gasteiger partial charge >= 0.3 is 0 Å². The van der Waals surface area contributed by atoms with Gasteiger partial charge in [-0.05, 0) is 54.1 Å². The molecule has 0 aromatic heterocycles. The zero-order chi connectivity index (χ0) is 25.6. The summed E-state index contributed by atoms with van der Waals surface area (Å²) in [5.74, 6) is -0.00586. The molecule has 0 unspecified atom stereocenters. The van der Waals surface area contributed by atoms with Crippen molar-refractivity contribution in [2.75, 3.05) is 36.5 Å². The van der Waals surface area contributed by atoms with Crippen LogP contribution in [0.15, 0.2) is 77.7 Å². The minimum Gasteiger partial charge on any atom is -0.345 e. The third-order valence-corrected chi connectivity index (χ3v) is 7.50. The lowest BCUT2D eigenvalue weighted by Gasteiger charge is -2.22. The highest BCUT2D eigenvalue weighted by atomic mass is 35.5. The Kier molecular flexibility index (Phi) is 8.82. The monoisotopic (exact) mass is 531 g/mol. The van der Waals surface area contributed by atoms with E-state index in [-0.39, 0.29) is 5.91 Å². The van der Waals surface area contributed by atoms with Crippen molar-refractivity contribution in [2.24, 2.45) is 0 Å². The Morgan fingerprint density at radius 1 is 0.943 bits per heavy atom. The highest BCUT2D eigenvalue weighted by Gasteiger charge is 2.22. The van der Waals surface area contributed by atoms with Crippen molar-refractivity contribution in [2.45, 2.75) is 10.6 Å². The van der Waals surface area contributed by atoms with Crippen molar-refractivity contribution in [3.63, 3.8) is 0 Å². The Morgan fingerprint density at radius 2 is 1.57 bits per heavy atom. The number of hydrogen-bond donors (Lipinski definition) is 1. The maximum absolute atomic E-state index is 12.9. The summed E-state index contributed by atoms with van der Waals surface area (Å²) >= 11 is 7.49. The van der Waals surface area contributed by atoms with Crippen LogP contribution in [-0.2, 0) is 20.6 Å². The van der Waals surface area contributed by atoms with E-state index in [9.17, 15) is 18.0 Å². The van der Waals surface area contributed by atoms with Crippen LogP contribution in [0.25, 0.3) is 0 Å². The lowest BCUT2D eigenvalue weighted by molar-refractivity contribution is -0.114. The number of nitrogens with zero attached hydrogens (tertiary/aromatic N) is 2. The van der Waals surface area contributed by atoms with Gasteiger partial charge in [-0.3, -0.25) is 13.9 Å². The number of amides is 2. The number of sulfonamides is 1. The Morgan fingerprint density at radius 3 is 2.17 bits per heavy atom. The average Bonchev–Trinajstić information content (AvgIpc) is 2.82. The molecule has 10 heteroatoms. The third-order valence-electron chi connectivity index (χ3n) is 4.96. The van der Waals surface area contributed by atoms with Crippen molar-refractivity contribution < 1.29 is 18.0 Å². The predicted molar refractivity (Wildman–Crippen MR) is 143 cm³/mol. The molecule has 7 nitrogen and oxygen atoms in total. The fraction of sp³-hybridized carbons (Fsp3) is 0.200. The standard InChI is InChI=1S/C25H26ClN3O4S2/c1-28(2)25(31)19-10-14-21(15-11-19)29(35(3,32)33)16-24(30)27-22-6-4-5-7-23(22)34-17-18-8-12-20(26)13-9-18/h4-15H,16-17H2,1-3H3,(H,27,30). The van der Waals surface area contributed by atoms with Crippen LogP contribution in [0.4, 0.5) is 11.4 Å². The summed E-state index contributed by atoms with van der Waals surface area (Å²) in [5.41, 5.74) is 2.39. The van der Waals surface area contributed by atoms with E-state index in [4.69, 9.17) is 11.6 Å². The largest absolute Gasteiger partial charge is 0.345 e. The Hall–Kier alpha value is -3.01. The summed E-state index contributed by atoms with van der Waals surface area (Å²) in [5, 5.41) is 3.49. The Balaban J connectivity index is 1.73. The lowest BCUT2D eigenvalue weighted by Crippen LogP contribution is -2.37. The minimum atomic E-state index is -3.75. The molecule has 184 valence electrons. The SMILES string of the molecule is CN(C)C(=O)c1ccc(N(CC(=O)Nc2ccccc2SCc2ccc(Cl)cc2)S(C)(=O)=O)cc1. The van der Waals surface area contributed by atoms with E-state index in [1.165, 1.54) is 29.2 Å². The molecular formula is C25H26ClN3O4S2. The molecule has 3 rings (SSSR count). The summed E-state index contributed by atoms with van der Waals surface area (Å²) in [6.07, 6.45) is 1.04. The van der Waals surface area contributed by atoms with Crippen LogP contribution in [0.3, 0.4) is 0 Å². The van der Waals surface area contributed by atoms with Crippen LogP contribution in [0.5, 0.6) is 0 Å². The number of hydrogen-bond acceptors (Lipinski definition) is 5. The topological polar surface area (TPSA) is 86.8 Å². The van der Waals surface area contributed by atoms with Gasteiger partial charge in [-0.1, -0.05) is 35.9 Å². The van der Waals surface area contributed by atoms with Gasteiger partial charge in [-0.25, -0.2) is 8.42 Å². The molecule has 3 aromatic rings. The van der Waals surface area contributed by atoms with Crippen molar-refractivity contribution in [1.29, 1.82) is 0 Å². The van der Waals surface area contributed by atoms with E-state index < -0.39 is 22.5 Å². The molecule has 0 aliphatic rings. The van der Waals surface area contributed by atoms with Crippen LogP contribution in [-0.4, -0.2) is 52.0 Å². The number of benzene rings is 3. The molecule has 3 aromatic carbocycles. The first-order chi connectivity index (χ1) is 16.5. The fourth-order valence-corrected chi connectivity index (χ4v) is 5.13. The van der Waals surface area contributed by atoms with Crippen LogP contribution in [0, 0.1) is 0 Å². The van der Waals surface area contributed by atoms with Gasteiger partial charge in [0.15, 0.2) is 0 Å².